The van der Waals surface area contributed by atoms with Crippen molar-refractivity contribution in [3.05, 3.63) is 213 Å². The van der Waals surface area contributed by atoms with Crippen molar-refractivity contribution in [2.45, 2.75) is 101 Å². The number of benzene rings is 9. The molecule has 9 aromatic carbocycles. The average Bonchev–Trinajstić information content (AvgIpc) is 3.31. The highest BCUT2D eigenvalue weighted by molar-refractivity contribution is 6.19. The Bertz CT molecular complexity index is 3450. The molecule has 1 atom stereocenters. The van der Waals surface area contributed by atoms with E-state index in [1.54, 1.807) is 0 Å². The fourth-order valence-electron chi connectivity index (χ4n) is 11.8. The van der Waals surface area contributed by atoms with E-state index in [4.69, 9.17) is 0 Å². The van der Waals surface area contributed by atoms with E-state index in [0.29, 0.717) is 11.8 Å². The van der Waals surface area contributed by atoms with E-state index in [2.05, 4.69) is 245 Å². The Balaban J connectivity index is 1.29. The third-order valence-electron chi connectivity index (χ3n) is 15.3. The molecule has 340 valence electrons. The molecule has 0 heterocycles. The van der Waals surface area contributed by atoms with E-state index in [-0.39, 0.29) is 6.04 Å². The fraction of sp³-hybridized carbons (Fsp3) is 0.242. The first-order valence-corrected chi connectivity index (χ1v) is 24.8. The van der Waals surface area contributed by atoms with Crippen molar-refractivity contribution in [3.63, 3.8) is 0 Å². The van der Waals surface area contributed by atoms with Gasteiger partial charge < -0.3 is 9.80 Å². The van der Waals surface area contributed by atoms with Crippen LogP contribution in [-0.2, 0) is 0 Å². The van der Waals surface area contributed by atoms with Crippen molar-refractivity contribution < 1.29 is 0 Å². The van der Waals surface area contributed by atoms with Crippen molar-refractivity contribution in [3.8, 4) is 22.3 Å². The zero-order valence-corrected chi connectivity index (χ0v) is 42.3. The molecule has 0 aliphatic heterocycles. The third kappa shape index (κ3) is 7.50. The van der Waals surface area contributed by atoms with Crippen molar-refractivity contribution in [2.24, 2.45) is 5.92 Å². The first-order valence-electron chi connectivity index (χ1n) is 24.8. The van der Waals surface area contributed by atoms with Gasteiger partial charge in [0.25, 0.3) is 0 Å². The van der Waals surface area contributed by atoms with Gasteiger partial charge in [0.1, 0.15) is 0 Å². The summed E-state index contributed by atoms with van der Waals surface area (Å²) in [6.07, 6.45) is 0.933. The maximum atomic E-state index is 2.71. The minimum atomic E-state index is 0.0535. The predicted octanol–water partition coefficient (Wildman–Crippen LogP) is 18.2. The molecule has 1 aliphatic carbocycles. The first kappa shape index (κ1) is 44.9. The highest BCUT2D eigenvalue weighted by atomic mass is 15.2. The highest BCUT2D eigenvalue weighted by Gasteiger charge is 2.34. The highest BCUT2D eigenvalue weighted by Crippen LogP contribution is 2.51. The molecule has 1 unspecified atom stereocenters. The van der Waals surface area contributed by atoms with Gasteiger partial charge in [-0.05, 0) is 203 Å². The summed E-state index contributed by atoms with van der Waals surface area (Å²) in [5, 5.41) is 6.81. The van der Waals surface area contributed by atoms with Gasteiger partial charge in [0.05, 0.1) is 11.7 Å². The van der Waals surface area contributed by atoms with Gasteiger partial charge in [0, 0.05) is 28.1 Å². The largest absolute Gasteiger partial charge is 0.333 e. The van der Waals surface area contributed by atoms with Crippen LogP contribution < -0.4 is 15.0 Å². The molecule has 10 rings (SSSR count). The van der Waals surface area contributed by atoms with Gasteiger partial charge in [-0.3, -0.25) is 0 Å². The Labute approximate surface area is 405 Å². The van der Waals surface area contributed by atoms with E-state index in [1.807, 2.05) is 0 Å². The van der Waals surface area contributed by atoms with Crippen LogP contribution in [-0.4, -0.2) is 0 Å². The summed E-state index contributed by atoms with van der Waals surface area (Å²) in [5.74, 6) is 0.650. The summed E-state index contributed by atoms with van der Waals surface area (Å²) < 4.78 is 0. The zero-order chi connectivity index (χ0) is 47.7. The molecule has 9 aromatic rings. The van der Waals surface area contributed by atoms with Crippen LogP contribution in [0.1, 0.15) is 102 Å². The molecule has 0 saturated carbocycles. The Morgan fingerprint density at radius 2 is 0.897 bits per heavy atom. The molecule has 0 bridgehead atoms. The van der Waals surface area contributed by atoms with Crippen LogP contribution in [0.25, 0.3) is 49.4 Å². The minimum absolute atomic E-state index is 0.0535. The Hall–Kier alpha value is -6.90. The lowest BCUT2D eigenvalue weighted by atomic mass is 9.78. The number of hydrogen-bond acceptors (Lipinski definition) is 2. The number of hydrogen-bond donors (Lipinski definition) is 0. The third-order valence-corrected chi connectivity index (χ3v) is 15.3. The molecule has 68 heavy (non-hydrogen) atoms. The van der Waals surface area contributed by atoms with Crippen LogP contribution in [0.2, 0.25) is 0 Å². The van der Waals surface area contributed by atoms with Crippen LogP contribution in [0.3, 0.4) is 0 Å². The molecule has 0 spiro atoms. The average molecular weight is 887 g/mol. The van der Waals surface area contributed by atoms with Crippen molar-refractivity contribution in [1.82, 2.24) is 0 Å². The van der Waals surface area contributed by atoms with Crippen LogP contribution in [0.5, 0.6) is 0 Å². The van der Waals surface area contributed by atoms with E-state index in [1.165, 1.54) is 139 Å². The Kier molecular flexibility index (Phi) is 11.6. The van der Waals surface area contributed by atoms with Crippen molar-refractivity contribution in [2.75, 3.05) is 9.80 Å². The van der Waals surface area contributed by atoms with Crippen molar-refractivity contribution >= 4 is 55.6 Å². The molecule has 0 aromatic heterocycles. The van der Waals surface area contributed by atoms with E-state index >= 15 is 0 Å². The molecule has 2 nitrogen and oxygen atoms in total. The van der Waals surface area contributed by atoms with Crippen LogP contribution >= 0.6 is 0 Å². The quantitative estimate of drug-likeness (QED) is 0.135. The lowest BCUT2D eigenvalue weighted by Gasteiger charge is -2.40. The van der Waals surface area contributed by atoms with Gasteiger partial charge in [-0.25, -0.2) is 0 Å². The fourth-order valence-corrected chi connectivity index (χ4v) is 11.8. The van der Waals surface area contributed by atoms with Crippen LogP contribution in [0.4, 0.5) is 28.4 Å². The monoisotopic (exact) mass is 887 g/mol. The maximum Gasteiger partial charge on any atom is 0.0635 e. The lowest BCUT2D eigenvalue weighted by Crippen LogP contribution is -2.31. The SMILES string of the molecule is Cc1ccccc1N(c1cc(-c2c(C)cccc2C)ccc1C)c1cc(C(C)C)c2ccc3c4c(ccc1c24)=C(C(C)C)CC3N(c1ccccc1C)c1cc(-c2c(C)cccc2C)ccc1C. The molecular formula is C66H66N2. The molecule has 0 fully saturated rings. The Morgan fingerprint density at radius 1 is 0.397 bits per heavy atom. The van der Waals surface area contributed by atoms with Gasteiger partial charge >= 0.3 is 0 Å². The zero-order valence-electron chi connectivity index (χ0n) is 42.3. The summed E-state index contributed by atoms with van der Waals surface area (Å²) in [4.78, 5) is 5.30. The van der Waals surface area contributed by atoms with E-state index in [9.17, 15) is 0 Å². The second-order valence-corrected chi connectivity index (χ2v) is 20.5. The number of rotatable bonds is 10. The second kappa shape index (κ2) is 17.6. The van der Waals surface area contributed by atoms with Gasteiger partial charge in [-0.1, -0.05) is 155 Å². The van der Waals surface area contributed by atoms with E-state index in [0.717, 1.165) is 6.42 Å². The molecule has 0 amide bonds. The normalized spacial score (nSPS) is 13.6. The van der Waals surface area contributed by atoms with Gasteiger partial charge in [0.2, 0.25) is 0 Å². The maximum absolute atomic E-state index is 2.71. The summed E-state index contributed by atoms with van der Waals surface area (Å²) in [6.45, 7) is 27.6. The molecule has 0 saturated heterocycles. The topological polar surface area (TPSA) is 6.48 Å². The molecular weight excluding hydrogens is 821 g/mol. The van der Waals surface area contributed by atoms with Crippen LogP contribution in [0.15, 0.2) is 152 Å². The predicted molar refractivity (Wildman–Crippen MR) is 295 cm³/mol. The number of aryl methyl sites for hydroxylation is 8. The number of para-hydroxylation sites is 2. The van der Waals surface area contributed by atoms with Crippen LogP contribution in [0, 0.1) is 61.3 Å². The van der Waals surface area contributed by atoms with Gasteiger partial charge in [-0.2, -0.15) is 0 Å². The number of nitrogens with zero attached hydrogens (tertiary/aromatic N) is 2. The standard InChI is InChI=1S/C66H66N2/c1-39(2)55-37-61(67(57-25-15-13-19-41(57)5)59-35-49(29-27-43(59)7)63-45(9)21-17-22-46(63)10)53-34-32-52-56(40(3)4)38-62(54-33-31-51(55)65(53)66(52)54)68(58-26-16-14-20-42(58)6)60-36-50(30-28-44(60)8)64-47(11)23-18-24-48(64)12/h13-37,39-40,62H,38H2,1-12H3. The van der Waals surface area contributed by atoms with Crippen molar-refractivity contribution in [1.29, 1.82) is 0 Å². The van der Waals surface area contributed by atoms with Gasteiger partial charge in [-0.15, -0.1) is 0 Å². The Morgan fingerprint density at radius 3 is 1.46 bits per heavy atom. The molecule has 2 heteroatoms. The first-order chi connectivity index (χ1) is 32.7. The second-order valence-electron chi connectivity index (χ2n) is 20.5. The summed E-state index contributed by atoms with van der Waals surface area (Å²) in [6, 6.07) is 58.0. The minimum Gasteiger partial charge on any atom is -0.333 e. The van der Waals surface area contributed by atoms with Gasteiger partial charge in [0.15, 0.2) is 0 Å². The number of anilines is 5. The van der Waals surface area contributed by atoms with E-state index < -0.39 is 0 Å². The summed E-state index contributed by atoms with van der Waals surface area (Å²) in [7, 11) is 0. The molecule has 1 aliphatic rings. The molecule has 0 N–H and O–H groups in total. The lowest BCUT2D eigenvalue weighted by molar-refractivity contribution is 0.670. The summed E-state index contributed by atoms with van der Waals surface area (Å²) in [5.41, 5.74) is 25.8. The molecule has 0 radical (unpaired) electrons. The smallest absolute Gasteiger partial charge is 0.0635 e. The summed E-state index contributed by atoms with van der Waals surface area (Å²) >= 11 is 0.